The molecule has 1 rings (SSSR count). The van der Waals surface area contributed by atoms with Crippen LogP contribution in [-0.2, 0) is 4.79 Å². The number of thioether (sulfide) groups is 1. The molecule has 0 bridgehead atoms. The zero-order valence-electron chi connectivity index (χ0n) is 9.48. The van der Waals surface area contributed by atoms with Crippen LogP contribution in [0.15, 0.2) is 0 Å². The Morgan fingerprint density at radius 1 is 1.40 bits per heavy atom. The number of carbonyl (C=O) groups is 1. The highest BCUT2D eigenvalue weighted by molar-refractivity contribution is 7.99. The number of hydrogen-bond acceptors (Lipinski definition) is 3. The molecule has 0 aliphatic heterocycles. The minimum atomic E-state index is -0.889. The van der Waals surface area contributed by atoms with Crippen LogP contribution in [0.1, 0.15) is 33.1 Å². The smallest absolute Gasteiger partial charge is 0.321 e. The first-order valence-electron chi connectivity index (χ1n) is 5.59. The molecule has 0 aromatic rings. The highest BCUT2D eigenvalue weighted by Crippen LogP contribution is 2.35. The summed E-state index contributed by atoms with van der Waals surface area (Å²) in [5.74, 6) is 1.19. The average Bonchev–Trinajstić information content (AvgIpc) is 2.12. The van der Waals surface area contributed by atoms with Crippen molar-refractivity contribution in [2.75, 3.05) is 5.75 Å². The molecule has 0 aromatic carbocycles. The van der Waals surface area contributed by atoms with Gasteiger partial charge in [-0.2, -0.15) is 11.8 Å². The lowest BCUT2D eigenvalue weighted by Gasteiger charge is -2.31. The summed E-state index contributed by atoms with van der Waals surface area (Å²) >= 11 is 1.74. The normalized spacial score (nSPS) is 33.7. The average molecular weight is 231 g/mol. The Bertz CT molecular complexity index is 213. The predicted molar refractivity (Wildman–Crippen MR) is 64.0 cm³/mol. The van der Waals surface area contributed by atoms with E-state index >= 15 is 0 Å². The van der Waals surface area contributed by atoms with Gasteiger partial charge in [-0.3, -0.25) is 4.79 Å². The number of aliphatic carboxylic acids is 1. The molecule has 15 heavy (non-hydrogen) atoms. The van der Waals surface area contributed by atoms with Gasteiger partial charge < -0.3 is 10.8 Å². The van der Waals surface area contributed by atoms with Crippen LogP contribution in [0.5, 0.6) is 0 Å². The van der Waals surface area contributed by atoms with Gasteiger partial charge in [-0.1, -0.05) is 13.8 Å². The van der Waals surface area contributed by atoms with Crippen molar-refractivity contribution >= 4 is 17.7 Å². The third kappa shape index (κ3) is 4.43. The van der Waals surface area contributed by atoms with Crippen molar-refractivity contribution in [3.8, 4) is 0 Å². The minimum absolute atomic E-state index is 0.541. The first-order valence-corrected chi connectivity index (χ1v) is 6.64. The minimum Gasteiger partial charge on any atom is -0.480 e. The van der Waals surface area contributed by atoms with Crippen molar-refractivity contribution in [1.82, 2.24) is 0 Å². The molecule has 4 heteroatoms. The van der Waals surface area contributed by atoms with E-state index in [4.69, 9.17) is 10.8 Å². The molecular weight excluding hydrogens is 210 g/mol. The molecule has 0 heterocycles. The van der Waals surface area contributed by atoms with Crippen molar-refractivity contribution in [2.24, 2.45) is 17.6 Å². The predicted octanol–water partition coefficient (Wildman–Crippen LogP) is 1.96. The van der Waals surface area contributed by atoms with Crippen molar-refractivity contribution in [3.05, 3.63) is 0 Å². The number of carboxylic acid groups (broad SMARTS) is 1. The van der Waals surface area contributed by atoms with Gasteiger partial charge in [0.15, 0.2) is 0 Å². The highest BCUT2D eigenvalue weighted by Gasteiger charge is 2.25. The fourth-order valence-corrected chi connectivity index (χ4v) is 3.87. The summed E-state index contributed by atoms with van der Waals surface area (Å²) in [5.41, 5.74) is 5.48. The van der Waals surface area contributed by atoms with E-state index in [9.17, 15) is 4.79 Å². The lowest BCUT2D eigenvalue weighted by molar-refractivity contribution is -0.137. The first-order chi connectivity index (χ1) is 6.99. The Balaban J connectivity index is 2.29. The Kier molecular flexibility index (Phi) is 4.93. The molecule has 3 nitrogen and oxygen atoms in total. The lowest BCUT2D eigenvalue weighted by atomic mass is 9.83. The molecule has 0 spiro atoms. The standard InChI is InChI=1S/C11H21NO2S/c1-7-3-8(2)5-9(4-7)15-6-10(12)11(13)14/h7-10H,3-6,12H2,1-2H3,(H,13,14). The van der Waals surface area contributed by atoms with Gasteiger partial charge in [-0.15, -0.1) is 0 Å². The number of hydrogen-bond donors (Lipinski definition) is 2. The molecule has 1 aliphatic carbocycles. The molecule has 1 aliphatic rings. The molecule has 0 amide bonds. The van der Waals surface area contributed by atoms with Gasteiger partial charge in [0, 0.05) is 11.0 Å². The molecule has 1 saturated carbocycles. The van der Waals surface area contributed by atoms with Crippen molar-refractivity contribution in [2.45, 2.75) is 44.4 Å². The second-order valence-corrected chi connectivity index (χ2v) is 6.15. The van der Waals surface area contributed by atoms with Crippen molar-refractivity contribution < 1.29 is 9.90 Å². The van der Waals surface area contributed by atoms with Gasteiger partial charge in [-0.05, 0) is 31.1 Å². The maximum Gasteiger partial charge on any atom is 0.321 e. The van der Waals surface area contributed by atoms with E-state index in [1.54, 1.807) is 11.8 Å². The lowest BCUT2D eigenvalue weighted by Crippen LogP contribution is -2.34. The molecule has 3 N–H and O–H groups in total. The Labute approximate surface area is 95.8 Å². The summed E-state index contributed by atoms with van der Waals surface area (Å²) in [6.07, 6.45) is 3.73. The summed E-state index contributed by atoms with van der Waals surface area (Å²) in [7, 11) is 0. The van der Waals surface area contributed by atoms with E-state index < -0.39 is 12.0 Å². The topological polar surface area (TPSA) is 63.3 Å². The van der Waals surface area contributed by atoms with Gasteiger partial charge in [0.25, 0.3) is 0 Å². The Morgan fingerprint density at radius 2 is 1.93 bits per heavy atom. The van der Waals surface area contributed by atoms with E-state index in [2.05, 4.69) is 13.8 Å². The number of carboxylic acids is 1. The quantitative estimate of drug-likeness (QED) is 0.776. The fourth-order valence-electron chi connectivity index (χ4n) is 2.32. The molecule has 0 aromatic heterocycles. The first kappa shape index (κ1) is 12.8. The van der Waals surface area contributed by atoms with Gasteiger partial charge in [-0.25, -0.2) is 0 Å². The molecule has 3 atom stereocenters. The van der Waals surface area contributed by atoms with Gasteiger partial charge >= 0.3 is 5.97 Å². The summed E-state index contributed by atoms with van der Waals surface area (Å²) in [6.45, 7) is 4.56. The zero-order valence-corrected chi connectivity index (χ0v) is 10.3. The van der Waals surface area contributed by atoms with Crippen LogP contribution < -0.4 is 5.73 Å². The van der Waals surface area contributed by atoms with Crippen LogP contribution in [0.4, 0.5) is 0 Å². The van der Waals surface area contributed by atoms with Crippen LogP contribution in [0.25, 0.3) is 0 Å². The summed E-state index contributed by atoms with van der Waals surface area (Å²) in [4.78, 5) is 10.6. The third-order valence-electron chi connectivity index (χ3n) is 2.96. The van der Waals surface area contributed by atoms with Crippen LogP contribution in [0, 0.1) is 11.8 Å². The van der Waals surface area contributed by atoms with Gasteiger partial charge in [0.2, 0.25) is 0 Å². The van der Waals surface area contributed by atoms with Gasteiger partial charge in [0.1, 0.15) is 6.04 Å². The van der Waals surface area contributed by atoms with Gasteiger partial charge in [0.05, 0.1) is 0 Å². The largest absolute Gasteiger partial charge is 0.480 e. The zero-order chi connectivity index (χ0) is 11.4. The summed E-state index contributed by atoms with van der Waals surface area (Å²) < 4.78 is 0. The molecule has 0 radical (unpaired) electrons. The highest BCUT2D eigenvalue weighted by atomic mass is 32.2. The van der Waals surface area contributed by atoms with E-state index in [0.29, 0.717) is 11.0 Å². The van der Waals surface area contributed by atoms with Crippen LogP contribution in [0.3, 0.4) is 0 Å². The monoisotopic (exact) mass is 231 g/mol. The fraction of sp³-hybridized carbons (Fsp3) is 0.909. The Morgan fingerprint density at radius 3 is 2.40 bits per heavy atom. The summed E-state index contributed by atoms with van der Waals surface area (Å²) in [5, 5.41) is 9.28. The Hall–Kier alpha value is -0.220. The second-order valence-electron chi connectivity index (χ2n) is 4.82. The van der Waals surface area contributed by atoms with Crippen molar-refractivity contribution in [1.29, 1.82) is 0 Å². The maximum atomic E-state index is 10.6. The molecule has 3 unspecified atom stereocenters. The third-order valence-corrected chi connectivity index (χ3v) is 4.37. The van der Waals surface area contributed by atoms with E-state index in [-0.39, 0.29) is 0 Å². The number of nitrogens with two attached hydrogens (primary N) is 1. The molecule has 1 fully saturated rings. The van der Waals surface area contributed by atoms with E-state index in [1.807, 2.05) is 0 Å². The second kappa shape index (κ2) is 5.75. The van der Waals surface area contributed by atoms with Crippen LogP contribution in [0.2, 0.25) is 0 Å². The summed E-state index contributed by atoms with van der Waals surface area (Å²) in [6, 6.07) is -0.706. The maximum absolute atomic E-state index is 10.6. The van der Waals surface area contributed by atoms with Crippen LogP contribution in [-0.4, -0.2) is 28.1 Å². The van der Waals surface area contributed by atoms with Crippen LogP contribution >= 0.6 is 11.8 Å². The van der Waals surface area contributed by atoms with Crippen molar-refractivity contribution in [3.63, 3.8) is 0 Å². The van der Waals surface area contributed by atoms with E-state index in [0.717, 1.165) is 11.8 Å². The molecule has 0 saturated heterocycles. The molecular formula is C11H21NO2S. The molecule has 88 valence electrons. The van der Waals surface area contributed by atoms with E-state index in [1.165, 1.54) is 19.3 Å². The number of rotatable bonds is 4. The SMILES string of the molecule is CC1CC(C)CC(SCC(N)C(=O)O)C1.